The Morgan fingerprint density at radius 3 is 2.90 bits per heavy atom. The van der Waals surface area contributed by atoms with Crippen molar-refractivity contribution in [2.24, 2.45) is 0 Å². The van der Waals surface area contributed by atoms with Gasteiger partial charge in [-0.2, -0.15) is 0 Å². The molecule has 1 aromatic rings. The molecule has 5 nitrogen and oxygen atoms in total. The summed E-state index contributed by atoms with van der Waals surface area (Å²) in [6.45, 7) is 1.01. The third-order valence-corrected chi connectivity index (χ3v) is 3.72. The zero-order valence-electron chi connectivity index (χ0n) is 11.3. The van der Waals surface area contributed by atoms with Crippen molar-refractivity contribution >= 4 is 29.2 Å². The SMILES string of the molecule is O=C(CCN1CCC[C@@H]1C(=O)O)Nc1ccc(Cl)cc1F. The van der Waals surface area contributed by atoms with E-state index >= 15 is 0 Å². The van der Waals surface area contributed by atoms with Crippen LogP contribution >= 0.6 is 11.6 Å². The summed E-state index contributed by atoms with van der Waals surface area (Å²) in [5.41, 5.74) is 0.0700. The standard InChI is InChI=1S/C14H16ClFN2O3/c15-9-3-4-11(10(16)8-9)17-13(19)5-7-18-6-1-2-12(18)14(20)21/h3-4,8,12H,1-2,5-7H2,(H,17,19)(H,20,21)/t12-/m1/s1. The summed E-state index contributed by atoms with van der Waals surface area (Å²) in [5.74, 6) is -1.82. The van der Waals surface area contributed by atoms with E-state index < -0.39 is 17.8 Å². The number of nitrogens with one attached hydrogen (secondary N) is 1. The number of carboxylic acids is 1. The molecule has 1 fully saturated rings. The van der Waals surface area contributed by atoms with Gasteiger partial charge in [-0.25, -0.2) is 4.39 Å². The van der Waals surface area contributed by atoms with Crippen LogP contribution in [-0.4, -0.2) is 41.0 Å². The molecule has 1 aliphatic heterocycles. The van der Waals surface area contributed by atoms with Gasteiger partial charge in [0.15, 0.2) is 0 Å². The molecule has 1 amide bonds. The van der Waals surface area contributed by atoms with Crippen molar-refractivity contribution in [3.05, 3.63) is 29.0 Å². The Balaban J connectivity index is 1.86. The van der Waals surface area contributed by atoms with Crippen LogP contribution in [0.3, 0.4) is 0 Å². The number of aliphatic carboxylic acids is 1. The molecule has 0 spiro atoms. The third-order valence-electron chi connectivity index (χ3n) is 3.48. The van der Waals surface area contributed by atoms with Crippen LogP contribution < -0.4 is 5.32 Å². The molecule has 0 aromatic heterocycles. The average Bonchev–Trinajstić information content (AvgIpc) is 2.88. The largest absolute Gasteiger partial charge is 0.480 e. The Hall–Kier alpha value is -1.66. The average molecular weight is 315 g/mol. The first-order chi connectivity index (χ1) is 9.97. The highest BCUT2D eigenvalue weighted by atomic mass is 35.5. The number of likely N-dealkylation sites (tertiary alicyclic amines) is 1. The number of hydrogen-bond donors (Lipinski definition) is 2. The van der Waals surface area contributed by atoms with Crippen LogP contribution in [0, 0.1) is 5.82 Å². The second-order valence-electron chi connectivity index (χ2n) is 4.95. The van der Waals surface area contributed by atoms with Crippen LogP contribution in [0.1, 0.15) is 19.3 Å². The summed E-state index contributed by atoms with van der Waals surface area (Å²) in [6.07, 6.45) is 1.53. The summed E-state index contributed by atoms with van der Waals surface area (Å²) in [5, 5.41) is 11.8. The van der Waals surface area contributed by atoms with Gasteiger partial charge in [-0.15, -0.1) is 0 Å². The third kappa shape index (κ3) is 4.15. The van der Waals surface area contributed by atoms with Gasteiger partial charge in [-0.1, -0.05) is 11.6 Å². The Bertz CT molecular complexity index is 553. The quantitative estimate of drug-likeness (QED) is 0.875. The predicted octanol–water partition coefficient (Wildman–Crippen LogP) is 2.36. The highest BCUT2D eigenvalue weighted by Crippen LogP contribution is 2.20. The molecule has 1 atom stereocenters. The van der Waals surface area contributed by atoms with Crippen LogP contribution in [0.15, 0.2) is 18.2 Å². The Labute approximate surface area is 126 Å². The van der Waals surface area contributed by atoms with Crippen molar-refractivity contribution in [3.63, 3.8) is 0 Å². The van der Waals surface area contributed by atoms with E-state index in [1.807, 2.05) is 0 Å². The Morgan fingerprint density at radius 1 is 1.48 bits per heavy atom. The molecule has 21 heavy (non-hydrogen) atoms. The molecule has 1 heterocycles. The van der Waals surface area contributed by atoms with E-state index in [1.54, 1.807) is 4.90 Å². The van der Waals surface area contributed by atoms with Crippen LogP contribution in [0.4, 0.5) is 10.1 Å². The van der Waals surface area contributed by atoms with Crippen molar-refractivity contribution < 1.29 is 19.1 Å². The number of carbonyl (C=O) groups excluding carboxylic acids is 1. The van der Waals surface area contributed by atoms with E-state index in [0.29, 0.717) is 19.5 Å². The van der Waals surface area contributed by atoms with Crippen molar-refractivity contribution in [1.29, 1.82) is 0 Å². The second kappa shape index (κ2) is 6.87. The lowest BCUT2D eigenvalue weighted by Crippen LogP contribution is -2.37. The number of rotatable bonds is 5. The van der Waals surface area contributed by atoms with E-state index in [2.05, 4.69) is 5.32 Å². The minimum Gasteiger partial charge on any atom is -0.480 e. The first-order valence-corrected chi connectivity index (χ1v) is 7.07. The maximum atomic E-state index is 13.5. The summed E-state index contributed by atoms with van der Waals surface area (Å²) in [4.78, 5) is 24.6. The summed E-state index contributed by atoms with van der Waals surface area (Å²) >= 11 is 5.63. The van der Waals surface area contributed by atoms with Crippen LogP contribution in [0.25, 0.3) is 0 Å². The molecule has 0 bridgehead atoms. The molecule has 1 aromatic carbocycles. The lowest BCUT2D eigenvalue weighted by atomic mass is 10.2. The van der Waals surface area contributed by atoms with Gasteiger partial charge in [0.25, 0.3) is 0 Å². The number of benzene rings is 1. The van der Waals surface area contributed by atoms with Gasteiger partial charge >= 0.3 is 5.97 Å². The number of hydrogen-bond acceptors (Lipinski definition) is 3. The van der Waals surface area contributed by atoms with E-state index in [0.717, 1.165) is 12.5 Å². The molecule has 0 saturated carbocycles. The minimum atomic E-state index is -0.864. The summed E-state index contributed by atoms with van der Waals surface area (Å²) in [7, 11) is 0. The number of anilines is 1. The highest BCUT2D eigenvalue weighted by Gasteiger charge is 2.30. The van der Waals surface area contributed by atoms with Crippen molar-refractivity contribution in [3.8, 4) is 0 Å². The fraction of sp³-hybridized carbons (Fsp3) is 0.429. The van der Waals surface area contributed by atoms with Gasteiger partial charge in [-0.05, 0) is 37.6 Å². The van der Waals surface area contributed by atoms with Gasteiger partial charge in [0.1, 0.15) is 11.9 Å². The molecule has 1 saturated heterocycles. The molecule has 1 aliphatic rings. The fourth-order valence-corrected chi connectivity index (χ4v) is 2.58. The molecule has 114 valence electrons. The van der Waals surface area contributed by atoms with Crippen molar-refractivity contribution in [2.45, 2.75) is 25.3 Å². The molecule has 0 aliphatic carbocycles. The smallest absolute Gasteiger partial charge is 0.320 e. The van der Waals surface area contributed by atoms with Gasteiger partial charge < -0.3 is 10.4 Å². The molecule has 7 heteroatoms. The molecule has 0 radical (unpaired) electrons. The summed E-state index contributed by atoms with van der Waals surface area (Å²) in [6, 6.07) is 3.48. The first-order valence-electron chi connectivity index (χ1n) is 6.69. The number of amides is 1. The zero-order valence-corrected chi connectivity index (χ0v) is 12.1. The van der Waals surface area contributed by atoms with Crippen molar-refractivity contribution in [1.82, 2.24) is 4.90 Å². The van der Waals surface area contributed by atoms with E-state index in [9.17, 15) is 14.0 Å². The van der Waals surface area contributed by atoms with Gasteiger partial charge in [-0.3, -0.25) is 14.5 Å². The predicted molar refractivity (Wildman–Crippen MR) is 76.9 cm³/mol. The van der Waals surface area contributed by atoms with E-state index in [1.165, 1.54) is 12.1 Å². The second-order valence-corrected chi connectivity index (χ2v) is 5.39. The number of carboxylic acid groups (broad SMARTS) is 1. The minimum absolute atomic E-state index is 0.0700. The van der Waals surface area contributed by atoms with Gasteiger partial charge in [0.05, 0.1) is 5.69 Å². The number of halogens is 2. The normalized spacial score (nSPS) is 18.7. The first kappa shape index (κ1) is 15.7. The van der Waals surface area contributed by atoms with E-state index in [-0.39, 0.29) is 23.0 Å². The van der Waals surface area contributed by atoms with Crippen LogP contribution in [0.2, 0.25) is 5.02 Å². The topological polar surface area (TPSA) is 69.6 Å². The molecule has 0 unspecified atom stereocenters. The van der Waals surface area contributed by atoms with E-state index in [4.69, 9.17) is 16.7 Å². The highest BCUT2D eigenvalue weighted by molar-refractivity contribution is 6.30. The Kier molecular flexibility index (Phi) is 5.14. The lowest BCUT2D eigenvalue weighted by molar-refractivity contribution is -0.142. The van der Waals surface area contributed by atoms with Crippen LogP contribution in [-0.2, 0) is 9.59 Å². The number of nitrogens with zero attached hydrogens (tertiary/aromatic N) is 1. The molecular weight excluding hydrogens is 299 g/mol. The fourth-order valence-electron chi connectivity index (χ4n) is 2.42. The monoisotopic (exact) mass is 314 g/mol. The number of carbonyl (C=O) groups is 2. The Morgan fingerprint density at radius 2 is 2.24 bits per heavy atom. The van der Waals surface area contributed by atoms with Crippen LogP contribution in [0.5, 0.6) is 0 Å². The zero-order chi connectivity index (χ0) is 15.4. The van der Waals surface area contributed by atoms with Gasteiger partial charge in [0.2, 0.25) is 5.91 Å². The molecular formula is C14H16ClFN2O3. The maximum Gasteiger partial charge on any atom is 0.320 e. The van der Waals surface area contributed by atoms with Crippen molar-refractivity contribution in [2.75, 3.05) is 18.4 Å². The molecule has 2 rings (SSSR count). The lowest BCUT2D eigenvalue weighted by Gasteiger charge is -2.20. The van der Waals surface area contributed by atoms with Gasteiger partial charge in [0, 0.05) is 18.0 Å². The molecule has 2 N–H and O–H groups in total. The summed E-state index contributed by atoms with van der Waals surface area (Å²) < 4.78 is 13.5. The maximum absolute atomic E-state index is 13.5.